The fourth-order valence-electron chi connectivity index (χ4n) is 1.22. The molecule has 1 aromatic rings. The van der Waals surface area contributed by atoms with E-state index in [1.165, 1.54) is 12.8 Å². The van der Waals surface area contributed by atoms with E-state index in [2.05, 4.69) is 22.2 Å². The van der Waals surface area contributed by atoms with E-state index < -0.39 is 0 Å². The minimum absolute atomic E-state index is 0.240. The number of nitrogens with zero attached hydrogens (tertiary/aromatic N) is 2. The van der Waals surface area contributed by atoms with Crippen molar-refractivity contribution in [2.45, 2.75) is 32.2 Å². The lowest BCUT2D eigenvalue weighted by Gasteiger charge is -2.12. The molecule has 0 bridgehead atoms. The standard InChI is InChI=1S/C9H12ClN3/c1-6-5-7(12-8(10)11-6)13-9(2)3-4-9/h5H,3-4H2,1-2H3,(H,11,12,13). The number of rotatable bonds is 2. The van der Waals surface area contributed by atoms with Crippen LogP contribution in [0.2, 0.25) is 5.28 Å². The molecule has 2 rings (SSSR count). The number of hydrogen-bond donors (Lipinski definition) is 1. The second-order valence-electron chi connectivity index (χ2n) is 3.85. The zero-order chi connectivity index (χ0) is 9.47. The Hall–Kier alpha value is -0.830. The van der Waals surface area contributed by atoms with E-state index in [9.17, 15) is 0 Å². The fraction of sp³-hybridized carbons (Fsp3) is 0.556. The molecule has 0 saturated heterocycles. The molecule has 1 aromatic heterocycles. The predicted octanol–water partition coefficient (Wildman–Crippen LogP) is 2.40. The Bertz CT molecular complexity index is 313. The number of halogens is 1. The molecule has 13 heavy (non-hydrogen) atoms. The molecule has 1 saturated carbocycles. The summed E-state index contributed by atoms with van der Waals surface area (Å²) in [5.74, 6) is 0.831. The van der Waals surface area contributed by atoms with Gasteiger partial charge in [0.05, 0.1) is 0 Å². The molecule has 4 heteroatoms. The molecule has 0 spiro atoms. The molecular formula is C9H12ClN3. The number of anilines is 1. The second kappa shape index (κ2) is 2.84. The van der Waals surface area contributed by atoms with Gasteiger partial charge in [0.25, 0.3) is 0 Å². The van der Waals surface area contributed by atoms with Crippen molar-refractivity contribution in [3.05, 3.63) is 17.0 Å². The first-order chi connectivity index (χ1) is 6.07. The third kappa shape index (κ3) is 2.10. The minimum atomic E-state index is 0.240. The van der Waals surface area contributed by atoms with Crippen molar-refractivity contribution in [1.82, 2.24) is 9.97 Å². The highest BCUT2D eigenvalue weighted by molar-refractivity contribution is 6.28. The largest absolute Gasteiger partial charge is 0.365 e. The topological polar surface area (TPSA) is 37.8 Å². The van der Waals surface area contributed by atoms with Crippen molar-refractivity contribution >= 4 is 17.4 Å². The van der Waals surface area contributed by atoms with Crippen molar-refractivity contribution in [2.75, 3.05) is 5.32 Å². The van der Waals surface area contributed by atoms with Crippen LogP contribution in [0.25, 0.3) is 0 Å². The van der Waals surface area contributed by atoms with Crippen molar-refractivity contribution in [3.63, 3.8) is 0 Å². The van der Waals surface area contributed by atoms with Crippen molar-refractivity contribution < 1.29 is 0 Å². The molecule has 0 atom stereocenters. The molecule has 0 aromatic carbocycles. The summed E-state index contributed by atoms with van der Waals surface area (Å²) >= 11 is 5.74. The van der Waals surface area contributed by atoms with Gasteiger partial charge in [-0.2, -0.15) is 0 Å². The lowest BCUT2D eigenvalue weighted by atomic mass is 10.3. The Morgan fingerprint density at radius 1 is 1.46 bits per heavy atom. The van der Waals surface area contributed by atoms with Crippen LogP contribution >= 0.6 is 11.6 Å². The van der Waals surface area contributed by atoms with Crippen LogP contribution in [0.15, 0.2) is 6.07 Å². The van der Waals surface area contributed by atoms with Gasteiger partial charge in [-0.1, -0.05) is 0 Å². The third-order valence-electron chi connectivity index (χ3n) is 2.26. The van der Waals surface area contributed by atoms with Gasteiger partial charge < -0.3 is 5.32 Å². The summed E-state index contributed by atoms with van der Waals surface area (Å²) in [5.41, 5.74) is 1.14. The van der Waals surface area contributed by atoms with E-state index in [0.29, 0.717) is 5.28 Å². The third-order valence-corrected chi connectivity index (χ3v) is 2.43. The zero-order valence-corrected chi connectivity index (χ0v) is 8.52. The first-order valence-corrected chi connectivity index (χ1v) is 4.75. The van der Waals surface area contributed by atoms with Crippen LogP contribution in [0.3, 0.4) is 0 Å². The maximum absolute atomic E-state index is 5.74. The predicted molar refractivity (Wildman–Crippen MR) is 53.0 cm³/mol. The van der Waals surface area contributed by atoms with Gasteiger partial charge in [-0.25, -0.2) is 9.97 Å². The summed E-state index contributed by atoms with van der Waals surface area (Å²) in [6, 6.07) is 1.91. The van der Waals surface area contributed by atoms with E-state index in [0.717, 1.165) is 11.5 Å². The average Bonchev–Trinajstić information content (AvgIpc) is 2.64. The Kier molecular flexibility index (Phi) is 1.91. The maximum atomic E-state index is 5.74. The molecule has 0 amide bonds. The molecular weight excluding hydrogens is 186 g/mol. The summed E-state index contributed by atoms with van der Waals surface area (Å²) in [7, 11) is 0. The molecule has 0 radical (unpaired) electrons. The van der Waals surface area contributed by atoms with Gasteiger partial charge in [0, 0.05) is 17.3 Å². The number of nitrogens with one attached hydrogen (secondary N) is 1. The van der Waals surface area contributed by atoms with Crippen LogP contribution in [0, 0.1) is 6.92 Å². The van der Waals surface area contributed by atoms with Gasteiger partial charge >= 0.3 is 0 Å². The lowest BCUT2D eigenvalue weighted by Crippen LogP contribution is -2.17. The maximum Gasteiger partial charge on any atom is 0.224 e. The quantitative estimate of drug-likeness (QED) is 0.740. The van der Waals surface area contributed by atoms with Crippen LogP contribution in [-0.4, -0.2) is 15.5 Å². The lowest BCUT2D eigenvalue weighted by molar-refractivity contribution is 0.818. The highest BCUT2D eigenvalue weighted by Gasteiger charge is 2.37. The van der Waals surface area contributed by atoms with Crippen LogP contribution in [0.4, 0.5) is 5.82 Å². The van der Waals surface area contributed by atoms with E-state index >= 15 is 0 Å². The SMILES string of the molecule is Cc1cc(NC2(C)CC2)nc(Cl)n1. The molecule has 70 valence electrons. The van der Waals surface area contributed by atoms with Crippen molar-refractivity contribution in [1.29, 1.82) is 0 Å². The number of aromatic nitrogens is 2. The van der Waals surface area contributed by atoms with Gasteiger partial charge in [-0.05, 0) is 38.3 Å². The molecule has 1 aliphatic carbocycles. The molecule has 1 aliphatic rings. The normalized spacial score (nSPS) is 18.4. The highest BCUT2D eigenvalue weighted by Crippen LogP contribution is 2.37. The van der Waals surface area contributed by atoms with Gasteiger partial charge in [-0.3, -0.25) is 0 Å². The Morgan fingerprint density at radius 2 is 2.15 bits per heavy atom. The van der Waals surface area contributed by atoms with E-state index in [4.69, 9.17) is 11.6 Å². The van der Waals surface area contributed by atoms with E-state index in [-0.39, 0.29) is 5.54 Å². The highest BCUT2D eigenvalue weighted by atomic mass is 35.5. The Morgan fingerprint density at radius 3 is 2.69 bits per heavy atom. The molecule has 0 aliphatic heterocycles. The van der Waals surface area contributed by atoms with Gasteiger partial charge in [0.2, 0.25) is 5.28 Å². The first-order valence-electron chi connectivity index (χ1n) is 4.37. The van der Waals surface area contributed by atoms with Crippen molar-refractivity contribution in [3.8, 4) is 0 Å². The number of aryl methyl sites for hydroxylation is 1. The summed E-state index contributed by atoms with van der Waals surface area (Å²) in [4.78, 5) is 8.10. The van der Waals surface area contributed by atoms with E-state index in [1.54, 1.807) is 0 Å². The van der Waals surface area contributed by atoms with Gasteiger partial charge in [-0.15, -0.1) is 0 Å². The smallest absolute Gasteiger partial charge is 0.224 e. The van der Waals surface area contributed by atoms with Crippen LogP contribution in [0.1, 0.15) is 25.5 Å². The van der Waals surface area contributed by atoms with Gasteiger partial charge in [0.1, 0.15) is 5.82 Å². The molecule has 1 N–H and O–H groups in total. The van der Waals surface area contributed by atoms with Gasteiger partial charge in [0.15, 0.2) is 0 Å². The van der Waals surface area contributed by atoms with Crippen LogP contribution < -0.4 is 5.32 Å². The minimum Gasteiger partial charge on any atom is -0.365 e. The Labute approximate surface area is 82.5 Å². The first kappa shape index (κ1) is 8.75. The fourth-order valence-corrected chi connectivity index (χ4v) is 1.44. The zero-order valence-electron chi connectivity index (χ0n) is 7.76. The monoisotopic (exact) mass is 197 g/mol. The van der Waals surface area contributed by atoms with Crippen LogP contribution in [-0.2, 0) is 0 Å². The van der Waals surface area contributed by atoms with E-state index in [1.807, 2.05) is 13.0 Å². The van der Waals surface area contributed by atoms with Crippen molar-refractivity contribution in [2.24, 2.45) is 0 Å². The molecule has 1 heterocycles. The molecule has 3 nitrogen and oxygen atoms in total. The molecule has 0 unspecified atom stereocenters. The summed E-state index contributed by atoms with van der Waals surface area (Å²) in [6.07, 6.45) is 2.40. The molecule has 1 fully saturated rings. The summed E-state index contributed by atoms with van der Waals surface area (Å²) in [6.45, 7) is 4.09. The van der Waals surface area contributed by atoms with Crippen LogP contribution in [0.5, 0.6) is 0 Å². The Balaban J connectivity index is 2.20. The summed E-state index contributed by atoms with van der Waals surface area (Å²) in [5, 5.41) is 3.65. The summed E-state index contributed by atoms with van der Waals surface area (Å²) < 4.78 is 0. The average molecular weight is 198 g/mol. The number of hydrogen-bond acceptors (Lipinski definition) is 3. The second-order valence-corrected chi connectivity index (χ2v) is 4.19.